The Balaban J connectivity index is 1.02. The topological polar surface area (TPSA) is 105 Å². The van der Waals surface area contributed by atoms with E-state index in [1.165, 1.54) is 44.9 Å². The van der Waals surface area contributed by atoms with Crippen molar-refractivity contribution < 1.29 is 38.1 Å². The number of rotatable bonds is 11. The molecule has 0 amide bonds. The van der Waals surface area contributed by atoms with E-state index in [2.05, 4.69) is 34.6 Å². The molecular formula is C45H56O8. The smallest absolute Gasteiger partial charge is 0.346 e. The molecule has 8 rings (SSSR count). The molecule has 6 aliphatic rings. The summed E-state index contributed by atoms with van der Waals surface area (Å²) in [6.45, 7) is 13.1. The number of benzene rings is 2. The molecule has 4 fully saturated rings. The van der Waals surface area contributed by atoms with Gasteiger partial charge in [-0.2, -0.15) is 0 Å². The number of carbonyl (C=O) groups is 4. The van der Waals surface area contributed by atoms with Gasteiger partial charge in [-0.1, -0.05) is 66.0 Å². The molecule has 2 aliphatic heterocycles. The number of esters is 4. The highest BCUT2D eigenvalue weighted by atomic mass is 16.6. The quantitative estimate of drug-likeness (QED) is 0.167. The molecule has 0 spiro atoms. The Morgan fingerprint density at radius 1 is 0.660 bits per heavy atom. The van der Waals surface area contributed by atoms with Gasteiger partial charge in [-0.05, 0) is 139 Å². The Kier molecular flexibility index (Phi) is 9.70. The van der Waals surface area contributed by atoms with Crippen LogP contribution in [0.1, 0.15) is 158 Å². The highest BCUT2D eigenvalue weighted by Crippen LogP contribution is 2.69. The number of hydrogen-bond donors (Lipinski definition) is 0. The fourth-order valence-electron chi connectivity index (χ4n) is 12.5. The van der Waals surface area contributed by atoms with Gasteiger partial charge in [-0.3, -0.25) is 0 Å². The van der Waals surface area contributed by atoms with Gasteiger partial charge in [0.25, 0.3) is 0 Å². The minimum absolute atomic E-state index is 0.0418. The van der Waals surface area contributed by atoms with Crippen molar-refractivity contribution in [3.63, 3.8) is 0 Å². The molecule has 0 bridgehead atoms. The van der Waals surface area contributed by atoms with Crippen LogP contribution in [0, 0.1) is 52.3 Å². The Bertz CT molecular complexity index is 1800. The molecule has 10 unspecified atom stereocenters. The highest BCUT2D eigenvalue weighted by Gasteiger charge is 2.63. The first-order valence-electron chi connectivity index (χ1n) is 20.4. The average molecular weight is 725 g/mol. The minimum Gasteiger partial charge on any atom is -0.386 e. The molecule has 2 aromatic carbocycles. The van der Waals surface area contributed by atoms with Crippen LogP contribution >= 0.6 is 0 Å². The molecule has 10 atom stereocenters. The maximum atomic E-state index is 12.4. The molecule has 2 aromatic rings. The summed E-state index contributed by atoms with van der Waals surface area (Å²) in [6, 6.07) is 10.6. The summed E-state index contributed by atoms with van der Waals surface area (Å²) in [6.07, 6.45) is 13.3. The Labute approximate surface area is 314 Å². The number of hydrogen-bond acceptors (Lipinski definition) is 8. The van der Waals surface area contributed by atoms with E-state index >= 15 is 0 Å². The molecular weight excluding hydrogens is 668 g/mol. The molecule has 0 aromatic heterocycles. The van der Waals surface area contributed by atoms with Crippen LogP contribution in [0.25, 0.3) is 0 Å². The van der Waals surface area contributed by atoms with Gasteiger partial charge in [0.05, 0.1) is 47.7 Å². The van der Waals surface area contributed by atoms with Crippen molar-refractivity contribution in [3.05, 3.63) is 69.8 Å². The molecule has 2 heterocycles. The average Bonchev–Trinajstić information content (AvgIpc) is 3.74. The predicted octanol–water partition coefficient (Wildman–Crippen LogP) is 9.51. The largest absolute Gasteiger partial charge is 0.386 e. The molecule has 8 heteroatoms. The van der Waals surface area contributed by atoms with Crippen LogP contribution in [0.3, 0.4) is 0 Å². The van der Waals surface area contributed by atoms with Gasteiger partial charge in [0, 0.05) is 0 Å². The SMILES string of the molecule is CC(C)CCCC(C)C1CCC2C3CC(OCc4ccc5c(c4)C(=O)OC5=O)C4CC(OCc5ccc6c(c5)C(=O)OC6=O)CCC4(C)C3CCC12C. The van der Waals surface area contributed by atoms with Gasteiger partial charge < -0.3 is 18.9 Å². The summed E-state index contributed by atoms with van der Waals surface area (Å²) in [5.41, 5.74) is 3.49. The summed E-state index contributed by atoms with van der Waals surface area (Å²) < 4.78 is 23.3. The normalized spacial score (nSPS) is 34.9. The molecule has 53 heavy (non-hydrogen) atoms. The Hall–Kier alpha value is -3.36. The monoisotopic (exact) mass is 724 g/mol. The summed E-state index contributed by atoms with van der Waals surface area (Å²) in [7, 11) is 0. The first-order valence-corrected chi connectivity index (χ1v) is 20.4. The van der Waals surface area contributed by atoms with E-state index in [0.717, 1.165) is 54.6 Å². The molecule has 8 nitrogen and oxygen atoms in total. The maximum Gasteiger partial charge on any atom is 0.346 e. The summed E-state index contributed by atoms with van der Waals surface area (Å²) in [5.74, 6) is 2.22. The van der Waals surface area contributed by atoms with Gasteiger partial charge >= 0.3 is 23.9 Å². The van der Waals surface area contributed by atoms with E-state index in [-0.39, 0.29) is 17.6 Å². The van der Waals surface area contributed by atoms with Gasteiger partial charge in [0.15, 0.2) is 0 Å². The van der Waals surface area contributed by atoms with Gasteiger partial charge in [-0.25, -0.2) is 19.2 Å². The van der Waals surface area contributed by atoms with Gasteiger partial charge in [0.1, 0.15) is 0 Å². The predicted molar refractivity (Wildman–Crippen MR) is 198 cm³/mol. The molecule has 4 aliphatic carbocycles. The summed E-state index contributed by atoms with van der Waals surface area (Å²) in [4.78, 5) is 48.6. The highest BCUT2D eigenvalue weighted by molar-refractivity contribution is 6.15. The van der Waals surface area contributed by atoms with E-state index in [1.807, 2.05) is 12.1 Å². The zero-order valence-electron chi connectivity index (χ0n) is 32.1. The van der Waals surface area contributed by atoms with Crippen LogP contribution in [0.2, 0.25) is 0 Å². The lowest BCUT2D eigenvalue weighted by Gasteiger charge is -2.63. The van der Waals surface area contributed by atoms with Crippen LogP contribution in [0.15, 0.2) is 36.4 Å². The molecule has 284 valence electrons. The van der Waals surface area contributed by atoms with Crippen LogP contribution < -0.4 is 0 Å². The lowest BCUT2D eigenvalue weighted by molar-refractivity contribution is -0.194. The lowest BCUT2D eigenvalue weighted by Crippen LogP contribution is -2.59. The maximum absolute atomic E-state index is 12.4. The fourth-order valence-corrected chi connectivity index (χ4v) is 12.5. The van der Waals surface area contributed by atoms with Crippen molar-refractivity contribution in [1.29, 1.82) is 0 Å². The minimum atomic E-state index is -0.596. The van der Waals surface area contributed by atoms with Gasteiger partial charge in [-0.15, -0.1) is 0 Å². The first-order chi connectivity index (χ1) is 25.4. The first kappa shape index (κ1) is 36.6. The van der Waals surface area contributed by atoms with Crippen molar-refractivity contribution in [2.24, 2.45) is 52.3 Å². The Morgan fingerprint density at radius 3 is 1.89 bits per heavy atom. The summed E-state index contributed by atoms with van der Waals surface area (Å²) in [5, 5.41) is 0. The number of carbonyl (C=O) groups excluding carboxylic acids is 4. The van der Waals surface area contributed by atoms with Crippen LogP contribution in [0.4, 0.5) is 0 Å². The zero-order valence-corrected chi connectivity index (χ0v) is 32.1. The van der Waals surface area contributed by atoms with Crippen molar-refractivity contribution >= 4 is 23.9 Å². The number of cyclic esters (lactones) is 4. The number of ether oxygens (including phenoxy) is 4. The zero-order chi connectivity index (χ0) is 37.2. The van der Waals surface area contributed by atoms with Crippen molar-refractivity contribution in [1.82, 2.24) is 0 Å². The van der Waals surface area contributed by atoms with Crippen molar-refractivity contribution in [3.8, 4) is 0 Å². The molecule has 4 saturated carbocycles. The second kappa shape index (κ2) is 14.1. The van der Waals surface area contributed by atoms with Crippen LogP contribution in [-0.4, -0.2) is 36.1 Å². The standard InChI is InChI=1S/C45H56O8/c1-25(2)7-6-8-26(3)35-13-14-36-34-22-39(51-24-28-10-12-31-33(20-28)43(49)53-41(31)47)38-21-29(15-17-45(38,5)37(34)16-18-44(35,36)4)50-23-27-9-11-30-32(19-27)42(48)52-40(30)46/h9-12,19-20,25-26,29,34-39H,6-8,13-18,21-24H2,1-5H3. The third kappa shape index (κ3) is 6.49. The van der Waals surface area contributed by atoms with E-state index in [9.17, 15) is 19.2 Å². The number of fused-ring (bicyclic) bond motifs is 7. The second-order valence-electron chi connectivity index (χ2n) is 18.4. The molecule has 0 N–H and O–H groups in total. The van der Waals surface area contributed by atoms with Crippen LogP contribution in [-0.2, 0) is 32.2 Å². The molecule has 0 saturated heterocycles. The lowest BCUT2D eigenvalue weighted by atomic mass is 9.43. The van der Waals surface area contributed by atoms with E-state index in [1.54, 1.807) is 24.3 Å². The van der Waals surface area contributed by atoms with E-state index in [0.29, 0.717) is 64.6 Å². The van der Waals surface area contributed by atoms with E-state index in [4.69, 9.17) is 18.9 Å². The van der Waals surface area contributed by atoms with Crippen LogP contribution in [0.5, 0.6) is 0 Å². The Morgan fingerprint density at radius 2 is 1.25 bits per heavy atom. The van der Waals surface area contributed by atoms with E-state index < -0.39 is 23.9 Å². The van der Waals surface area contributed by atoms with Crippen molar-refractivity contribution in [2.45, 2.75) is 131 Å². The third-order valence-electron chi connectivity index (χ3n) is 15.2. The molecule has 0 radical (unpaired) electrons. The fraction of sp³-hybridized carbons (Fsp3) is 0.644. The van der Waals surface area contributed by atoms with Crippen molar-refractivity contribution in [2.75, 3.05) is 0 Å². The third-order valence-corrected chi connectivity index (χ3v) is 15.2. The summed E-state index contributed by atoms with van der Waals surface area (Å²) >= 11 is 0. The second-order valence-corrected chi connectivity index (χ2v) is 18.4. The van der Waals surface area contributed by atoms with Gasteiger partial charge in [0.2, 0.25) is 0 Å².